The maximum absolute atomic E-state index is 12.8. The van der Waals surface area contributed by atoms with Crippen molar-refractivity contribution < 1.29 is 28.6 Å². The Morgan fingerprint density at radius 2 is 0.541 bits per heavy atom. The van der Waals surface area contributed by atoms with Crippen molar-refractivity contribution >= 4 is 17.9 Å². The van der Waals surface area contributed by atoms with Crippen LogP contribution in [0.25, 0.3) is 0 Å². The average Bonchev–Trinajstić information content (AvgIpc) is 3.23. The molecule has 0 saturated heterocycles. The van der Waals surface area contributed by atoms with Crippen LogP contribution in [0.2, 0.25) is 0 Å². The Kier molecular flexibility index (Phi) is 46.6. The van der Waals surface area contributed by atoms with Crippen LogP contribution in [0.5, 0.6) is 0 Å². The third-order valence-corrected chi connectivity index (χ3v) is 12.5. The van der Waals surface area contributed by atoms with Gasteiger partial charge in [-0.1, -0.05) is 266 Å². The predicted octanol–water partition coefficient (Wildman–Crippen LogP) is 17.7. The molecule has 1 atom stereocenters. The number of unbranched alkanes of at least 4 members (excludes halogenated alkanes) is 34. The molecule has 0 aliphatic heterocycles. The highest BCUT2D eigenvalue weighted by molar-refractivity contribution is 5.71. The van der Waals surface area contributed by atoms with E-state index in [4.69, 9.17) is 14.2 Å². The molecule has 0 aromatic carbocycles. The second-order valence-electron chi connectivity index (χ2n) is 19.8. The molecule has 362 valence electrons. The molecule has 0 amide bonds. The number of hydrogen-bond acceptors (Lipinski definition) is 6. The largest absolute Gasteiger partial charge is 0.462 e. The summed E-state index contributed by atoms with van der Waals surface area (Å²) in [5.41, 5.74) is 0. The summed E-state index contributed by atoms with van der Waals surface area (Å²) in [5, 5.41) is 0. The van der Waals surface area contributed by atoms with Crippen LogP contribution in [0.1, 0.15) is 304 Å². The first-order valence-electron chi connectivity index (χ1n) is 27.2. The van der Waals surface area contributed by atoms with Crippen molar-refractivity contribution in [2.75, 3.05) is 13.2 Å². The molecule has 0 heterocycles. The van der Waals surface area contributed by atoms with Gasteiger partial charge in [-0.15, -0.1) is 0 Å². The zero-order chi connectivity index (χ0) is 44.7. The van der Waals surface area contributed by atoms with Gasteiger partial charge in [-0.3, -0.25) is 14.4 Å². The molecular weight excluding hydrogens is 757 g/mol. The van der Waals surface area contributed by atoms with Gasteiger partial charge < -0.3 is 14.2 Å². The number of carbonyl (C=O) groups is 3. The standard InChI is InChI=1S/C55H106O6/c1-6-7-8-9-10-11-12-14-21-27-32-37-42-47-55(58)61-52(49-60-54(57)46-41-36-31-26-22-17-19-24-29-34-39-44-51(4)5)48-59-53(56)45-40-35-30-25-20-16-13-15-18-23-28-33-38-43-50(2)3/h50-52H,6-49H2,1-5H3/t52-/m0/s1. The molecule has 0 aromatic heterocycles. The van der Waals surface area contributed by atoms with Gasteiger partial charge in [0.2, 0.25) is 0 Å². The zero-order valence-corrected chi connectivity index (χ0v) is 41.8. The van der Waals surface area contributed by atoms with Crippen molar-refractivity contribution in [1.82, 2.24) is 0 Å². The molecule has 0 unspecified atom stereocenters. The minimum absolute atomic E-state index is 0.0631. The molecule has 0 rings (SSSR count). The average molecular weight is 863 g/mol. The van der Waals surface area contributed by atoms with Gasteiger partial charge in [0.15, 0.2) is 6.10 Å². The quantitative estimate of drug-likeness (QED) is 0.0344. The molecule has 0 spiro atoms. The SMILES string of the molecule is CCCCCCCCCCCCCCCC(=O)O[C@@H](COC(=O)CCCCCCCCCCCCCCCC(C)C)COC(=O)CCCCCCCCCCCCCC(C)C. The minimum atomic E-state index is -0.762. The zero-order valence-electron chi connectivity index (χ0n) is 41.8. The fraction of sp³-hybridized carbons (Fsp3) is 0.945. The predicted molar refractivity (Wildman–Crippen MR) is 261 cm³/mol. The summed E-state index contributed by atoms with van der Waals surface area (Å²) in [6.07, 6.45) is 49.4. The minimum Gasteiger partial charge on any atom is -0.462 e. The number of rotatable bonds is 49. The van der Waals surface area contributed by atoms with Crippen LogP contribution in [0.3, 0.4) is 0 Å². The van der Waals surface area contributed by atoms with E-state index in [1.807, 2.05) is 0 Å². The van der Waals surface area contributed by atoms with Crippen LogP contribution in [-0.4, -0.2) is 37.2 Å². The van der Waals surface area contributed by atoms with E-state index in [0.29, 0.717) is 19.3 Å². The highest BCUT2D eigenvalue weighted by Gasteiger charge is 2.19. The highest BCUT2D eigenvalue weighted by atomic mass is 16.6. The van der Waals surface area contributed by atoms with Crippen molar-refractivity contribution in [3.63, 3.8) is 0 Å². The van der Waals surface area contributed by atoms with E-state index in [1.165, 1.54) is 193 Å². The molecule has 0 fully saturated rings. The fourth-order valence-electron chi connectivity index (χ4n) is 8.34. The lowest BCUT2D eigenvalue weighted by atomic mass is 10.0. The lowest BCUT2D eigenvalue weighted by Crippen LogP contribution is -2.30. The third kappa shape index (κ3) is 49.3. The Bertz CT molecular complexity index is 931. The second-order valence-corrected chi connectivity index (χ2v) is 19.8. The van der Waals surface area contributed by atoms with E-state index in [-0.39, 0.29) is 31.1 Å². The maximum Gasteiger partial charge on any atom is 0.306 e. The molecule has 0 bridgehead atoms. The third-order valence-electron chi connectivity index (χ3n) is 12.5. The van der Waals surface area contributed by atoms with E-state index in [2.05, 4.69) is 34.6 Å². The van der Waals surface area contributed by atoms with Crippen LogP contribution in [0.4, 0.5) is 0 Å². The number of ether oxygens (including phenoxy) is 3. The highest BCUT2D eigenvalue weighted by Crippen LogP contribution is 2.18. The van der Waals surface area contributed by atoms with Crippen molar-refractivity contribution in [2.45, 2.75) is 310 Å². The van der Waals surface area contributed by atoms with E-state index < -0.39 is 6.10 Å². The lowest BCUT2D eigenvalue weighted by Gasteiger charge is -2.18. The van der Waals surface area contributed by atoms with Crippen molar-refractivity contribution in [3.05, 3.63) is 0 Å². The van der Waals surface area contributed by atoms with Crippen LogP contribution < -0.4 is 0 Å². The fourth-order valence-corrected chi connectivity index (χ4v) is 8.34. The monoisotopic (exact) mass is 863 g/mol. The van der Waals surface area contributed by atoms with E-state index >= 15 is 0 Å². The van der Waals surface area contributed by atoms with Crippen molar-refractivity contribution in [1.29, 1.82) is 0 Å². The van der Waals surface area contributed by atoms with E-state index in [1.54, 1.807) is 0 Å². The van der Waals surface area contributed by atoms with E-state index in [9.17, 15) is 14.4 Å². The normalized spacial score (nSPS) is 12.0. The summed E-state index contributed by atoms with van der Waals surface area (Å²) in [7, 11) is 0. The molecular formula is C55H106O6. The van der Waals surface area contributed by atoms with E-state index in [0.717, 1.165) is 69.6 Å². The first kappa shape index (κ1) is 59.4. The Morgan fingerprint density at radius 1 is 0.311 bits per heavy atom. The Hall–Kier alpha value is -1.59. The molecule has 0 aliphatic carbocycles. The topological polar surface area (TPSA) is 78.9 Å². The first-order valence-corrected chi connectivity index (χ1v) is 27.2. The smallest absolute Gasteiger partial charge is 0.306 e. The van der Waals surface area contributed by atoms with Gasteiger partial charge in [0, 0.05) is 19.3 Å². The molecule has 0 aromatic rings. The molecule has 0 saturated carbocycles. The van der Waals surface area contributed by atoms with Crippen molar-refractivity contribution in [3.8, 4) is 0 Å². The van der Waals surface area contributed by atoms with Gasteiger partial charge in [0.05, 0.1) is 0 Å². The Balaban J connectivity index is 4.30. The molecule has 0 N–H and O–H groups in total. The van der Waals surface area contributed by atoms with Gasteiger partial charge in [-0.25, -0.2) is 0 Å². The van der Waals surface area contributed by atoms with Gasteiger partial charge in [0.1, 0.15) is 13.2 Å². The van der Waals surface area contributed by atoms with Crippen LogP contribution in [-0.2, 0) is 28.6 Å². The summed E-state index contributed by atoms with van der Waals surface area (Å²) >= 11 is 0. The van der Waals surface area contributed by atoms with Crippen molar-refractivity contribution in [2.24, 2.45) is 11.8 Å². The van der Waals surface area contributed by atoms with Gasteiger partial charge in [-0.05, 0) is 31.1 Å². The van der Waals surface area contributed by atoms with Crippen LogP contribution >= 0.6 is 0 Å². The number of esters is 3. The van der Waals surface area contributed by atoms with Crippen LogP contribution in [0, 0.1) is 11.8 Å². The molecule has 6 heteroatoms. The van der Waals surface area contributed by atoms with Crippen LogP contribution in [0.15, 0.2) is 0 Å². The Morgan fingerprint density at radius 3 is 0.803 bits per heavy atom. The summed E-state index contributed by atoms with van der Waals surface area (Å²) in [5.74, 6) is 0.823. The van der Waals surface area contributed by atoms with Gasteiger partial charge in [0.25, 0.3) is 0 Å². The summed E-state index contributed by atoms with van der Waals surface area (Å²) in [4.78, 5) is 38.0. The molecule has 61 heavy (non-hydrogen) atoms. The van der Waals surface area contributed by atoms with Gasteiger partial charge >= 0.3 is 17.9 Å². The number of carbonyl (C=O) groups excluding carboxylic acids is 3. The molecule has 0 aliphatic rings. The van der Waals surface area contributed by atoms with Gasteiger partial charge in [-0.2, -0.15) is 0 Å². The number of hydrogen-bond donors (Lipinski definition) is 0. The lowest BCUT2D eigenvalue weighted by molar-refractivity contribution is -0.167. The second kappa shape index (κ2) is 47.9. The molecule has 6 nitrogen and oxygen atoms in total. The Labute approximate surface area is 380 Å². The first-order chi connectivity index (χ1) is 29.7. The maximum atomic E-state index is 12.8. The summed E-state index contributed by atoms with van der Waals surface area (Å²) < 4.78 is 16.8. The summed E-state index contributed by atoms with van der Waals surface area (Å²) in [6.45, 7) is 11.4. The molecule has 0 radical (unpaired) electrons. The summed E-state index contributed by atoms with van der Waals surface area (Å²) in [6, 6.07) is 0.